The molecular formula is C22H28FN3O5S. The van der Waals surface area contributed by atoms with Crippen LogP contribution in [0.15, 0.2) is 48.5 Å². The summed E-state index contributed by atoms with van der Waals surface area (Å²) < 4.78 is 51.1. The number of halogens is 1. The SMILES string of the molecule is COc1cccc(OCC(=O)NCCCS(=O)(=O)N2CCN(c3ccccc3F)CC2)c1. The number of sulfonamides is 1. The molecule has 8 nitrogen and oxygen atoms in total. The maximum atomic E-state index is 13.9. The molecule has 2 aromatic rings. The number of benzene rings is 2. The fourth-order valence-electron chi connectivity index (χ4n) is 3.42. The van der Waals surface area contributed by atoms with Crippen LogP contribution in [0.2, 0.25) is 0 Å². The van der Waals surface area contributed by atoms with Crippen molar-refractivity contribution in [2.75, 3.05) is 57.1 Å². The predicted octanol–water partition coefficient (Wildman–Crippen LogP) is 1.87. The van der Waals surface area contributed by atoms with E-state index in [4.69, 9.17) is 9.47 Å². The lowest BCUT2D eigenvalue weighted by molar-refractivity contribution is -0.123. The summed E-state index contributed by atoms with van der Waals surface area (Å²) in [6.07, 6.45) is 0.292. The zero-order valence-corrected chi connectivity index (χ0v) is 18.8. The molecule has 1 saturated heterocycles. The van der Waals surface area contributed by atoms with Gasteiger partial charge in [0.2, 0.25) is 10.0 Å². The summed E-state index contributed by atoms with van der Waals surface area (Å²) in [5.74, 6) is 0.432. The van der Waals surface area contributed by atoms with Crippen LogP contribution in [0.4, 0.5) is 10.1 Å². The second-order valence-electron chi connectivity index (χ2n) is 7.32. The monoisotopic (exact) mass is 465 g/mol. The summed E-state index contributed by atoms with van der Waals surface area (Å²) in [6.45, 7) is 1.53. The summed E-state index contributed by atoms with van der Waals surface area (Å²) in [6, 6.07) is 13.4. The lowest BCUT2D eigenvalue weighted by atomic mass is 10.2. The number of carbonyl (C=O) groups is 1. The molecule has 3 rings (SSSR count). The van der Waals surface area contributed by atoms with E-state index in [2.05, 4.69) is 5.32 Å². The fourth-order valence-corrected chi connectivity index (χ4v) is 4.90. The molecule has 10 heteroatoms. The number of rotatable bonds is 10. The largest absolute Gasteiger partial charge is 0.497 e. The molecule has 1 N–H and O–H groups in total. The minimum Gasteiger partial charge on any atom is -0.497 e. The van der Waals surface area contributed by atoms with Crippen LogP contribution >= 0.6 is 0 Å². The van der Waals surface area contributed by atoms with Crippen molar-refractivity contribution in [3.63, 3.8) is 0 Å². The first kappa shape index (κ1) is 23.8. The molecule has 0 atom stereocenters. The van der Waals surface area contributed by atoms with Crippen molar-refractivity contribution < 1.29 is 27.1 Å². The fraction of sp³-hybridized carbons (Fsp3) is 0.409. The molecule has 1 aliphatic heterocycles. The van der Waals surface area contributed by atoms with Crippen molar-refractivity contribution in [1.82, 2.24) is 9.62 Å². The summed E-state index contributed by atoms with van der Waals surface area (Å²) in [5, 5.41) is 2.66. The molecule has 0 aromatic heterocycles. The third-order valence-corrected chi connectivity index (χ3v) is 7.09. The number of nitrogens with one attached hydrogen (secondary N) is 1. The van der Waals surface area contributed by atoms with Crippen molar-refractivity contribution >= 4 is 21.6 Å². The Balaban J connectivity index is 1.36. The minimum absolute atomic E-state index is 0.0658. The number of hydrogen-bond acceptors (Lipinski definition) is 6. The van der Waals surface area contributed by atoms with Gasteiger partial charge in [0.1, 0.15) is 17.3 Å². The van der Waals surface area contributed by atoms with Crippen LogP contribution in [0.5, 0.6) is 11.5 Å². The lowest BCUT2D eigenvalue weighted by Crippen LogP contribution is -2.49. The van der Waals surface area contributed by atoms with Gasteiger partial charge in [-0.15, -0.1) is 0 Å². The highest BCUT2D eigenvalue weighted by Crippen LogP contribution is 2.21. The Labute approximate surface area is 188 Å². The Morgan fingerprint density at radius 1 is 1.06 bits per heavy atom. The average Bonchev–Trinajstić information content (AvgIpc) is 2.81. The van der Waals surface area contributed by atoms with Gasteiger partial charge in [-0.1, -0.05) is 18.2 Å². The molecule has 32 heavy (non-hydrogen) atoms. The van der Waals surface area contributed by atoms with Gasteiger partial charge in [0.25, 0.3) is 5.91 Å². The molecule has 0 radical (unpaired) electrons. The molecule has 0 bridgehead atoms. The molecular weight excluding hydrogens is 437 g/mol. The van der Waals surface area contributed by atoms with Gasteiger partial charge in [-0.3, -0.25) is 4.79 Å². The molecule has 0 saturated carbocycles. The maximum absolute atomic E-state index is 13.9. The number of ether oxygens (including phenoxy) is 2. The van der Waals surface area contributed by atoms with E-state index in [9.17, 15) is 17.6 Å². The Morgan fingerprint density at radius 3 is 2.50 bits per heavy atom. The average molecular weight is 466 g/mol. The molecule has 0 aliphatic carbocycles. The normalized spacial score (nSPS) is 14.8. The third-order valence-electron chi connectivity index (χ3n) is 5.14. The minimum atomic E-state index is -3.44. The van der Waals surface area contributed by atoms with Crippen LogP contribution in [0.3, 0.4) is 0 Å². The third kappa shape index (κ3) is 6.57. The Bertz CT molecular complexity index is 1010. The highest BCUT2D eigenvalue weighted by Gasteiger charge is 2.27. The second-order valence-corrected chi connectivity index (χ2v) is 9.41. The van der Waals surface area contributed by atoms with E-state index in [1.54, 1.807) is 49.6 Å². The van der Waals surface area contributed by atoms with E-state index in [1.807, 2.05) is 4.90 Å². The van der Waals surface area contributed by atoms with Gasteiger partial charge in [-0.25, -0.2) is 12.8 Å². The number of hydrogen-bond donors (Lipinski definition) is 1. The number of amides is 1. The summed E-state index contributed by atoms with van der Waals surface area (Å²) in [4.78, 5) is 13.8. The van der Waals surface area contributed by atoms with E-state index >= 15 is 0 Å². The first-order chi connectivity index (χ1) is 15.4. The maximum Gasteiger partial charge on any atom is 0.257 e. The van der Waals surface area contributed by atoms with Gasteiger partial charge in [-0.2, -0.15) is 4.31 Å². The molecule has 1 heterocycles. The van der Waals surface area contributed by atoms with E-state index in [-0.39, 0.29) is 30.6 Å². The quantitative estimate of drug-likeness (QED) is 0.539. The van der Waals surface area contributed by atoms with Crippen LogP contribution < -0.4 is 19.7 Å². The van der Waals surface area contributed by atoms with E-state index in [0.717, 1.165) is 0 Å². The first-order valence-electron chi connectivity index (χ1n) is 10.4. The number of piperazine rings is 1. The Kier molecular flexibility index (Phi) is 8.29. The summed E-state index contributed by atoms with van der Waals surface area (Å²) in [7, 11) is -1.90. The van der Waals surface area contributed by atoms with Crippen molar-refractivity contribution in [2.45, 2.75) is 6.42 Å². The number of methoxy groups -OCH3 is 1. The van der Waals surface area contributed by atoms with E-state index < -0.39 is 10.0 Å². The molecule has 1 amide bonds. The predicted molar refractivity (Wildman–Crippen MR) is 120 cm³/mol. The molecule has 2 aromatic carbocycles. The number of nitrogens with zero attached hydrogens (tertiary/aromatic N) is 2. The standard InChI is InChI=1S/C22H28FN3O5S/c1-30-18-6-4-7-19(16-18)31-17-22(27)24-10-5-15-32(28,29)26-13-11-25(12-14-26)21-9-3-2-8-20(21)23/h2-4,6-9,16H,5,10-15,17H2,1H3,(H,24,27). The van der Waals surface area contributed by atoms with Crippen molar-refractivity contribution in [2.24, 2.45) is 0 Å². The summed E-state index contributed by atoms with van der Waals surface area (Å²) >= 11 is 0. The van der Waals surface area contributed by atoms with Crippen LogP contribution in [0, 0.1) is 5.82 Å². The lowest BCUT2D eigenvalue weighted by Gasteiger charge is -2.35. The smallest absolute Gasteiger partial charge is 0.257 e. The van der Waals surface area contributed by atoms with Gasteiger partial charge in [0.05, 0.1) is 18.6 Å². The zero-order valence-electron chi connectivity index (χ0n) is 18.0. The first-order valence-corrected chi connectivity index (χ1v) is 12.0. The van der Waals surface area contributed by atoms with Crippen molar-refractivity contribution in [3.8, 4) is 11.5 Å². The van der Waals surface area contributed by atoms with Gasteiger partial charge < -0.3 is 19.7 Å². The van der Waals surface area contributed by atoms with Crippen LogP contribution in [-0.4, -0.2) is 70.8 Å². The molecule has 174 valence electrons. The van der Waals surface area contributed by atoms with E-state index in [1.165, 1.54) is 10.4 Å². The molecule has 0 unspecified atom stereocenters. The van der Waals surface area contributed by atoms with Gasteiger partial charge in [-0.05, 0) is 30.7 Å². The number of para-hydroxylation sites is 1. The highest BCUT2D eigenvalue weighted by molar-refractivity contribution is 7.89. The van der Waals surface area contributed by atoms with Gasteiger partial charge >= 0.3 is 0 Å². The summed E-state index contributed by atoms with van der Waals surface area (Å²) in [5.41, 5.74) is 0.489. The van der Waals surface area contributed by atoms with Crippen molar-refractivity contribution in [1.29, 1.82) is 0 Å². The van der Waals surface area contributed by atoms with Crippen LogP contribution in [0.25, 0.3) is 0 Å². The Hall–Kier alpha value is -2.85. The Morgan fingerprint density at radius 2 is 1.78 bits per heavy atom. The van der Waals surface area contributed by atoms with Crippen LogP contribution in [0.1, 0.15) is 6.42 Å². The molecule has 1 fully saturated rings. The van der Waals surface area contributed by atoms with Crippen LogP contribution in [-0.2, 0) is 14.8 Å². The molecule has 1 aliphatic rings. The number of carbonyl (C=O) groups excluding carboxylic acids is 1. The van der Waals surface area contributed by atoms with Gasteiger partial charge in [0.15, 0.2) is 6.61 Å². The topological polar surface area (TPSA) is 88.2 Å². The van der Waals surface area contributed by atoms with E-state index in [0.29, 0.717) is 49.8 Å². The zero-order chi connectivity index (χ0) is 23.0. The highest BCUT2D eigenvalue weighted by atomic mass is 32.2. The number of anilines is 1. The van der Waals surface area contributed by atoms with Crippen molar-refractivity contribution in [3.05, 3.63) is 54.3 Å². The molecule has 0 spiro atoms. The van der Waals surface area contributed by atoms with Gasteiger partial charge in [0, 0.05) is 38.8 Å². The second kappa shape index (κ2) is 11.1.